The second kappa shape index (κ2) is 5.96. The fraction of sp³-hybridized carbons (Fsp3) is 0.500. The van der Waals surface area contributed by atoms with E-state index in [4.69, 9.17) is 9.47 Å². The zero-order valence-electron chi connectivity index (χ0n) is 12.3. The van der Waals surface area contributed by atoms with E-state index in [1.807, 2.05) is 24.3 Å². The Morgan fingerprint density at radius 3 is 2.45 bits per heavy atom. The third kappa shape index (κ3) is 2.66. The van der Waals surface area contributed by atoms with Crippen molar-refractivity contribution in [3.05, 3.63) is 29.8 Å². The maximum absolute atomic E-state index is 12.4. The summed E-state index contributed by atoms with van der Waals surface area (Å²) in [5.74, 6) is -1.75. The Morgan fingerprint density at radius 1 is 1.23 bits per heavy atom. The number of aliphatic carboxylic acids is 1. The number of amides is 1. The summed E-state index contributed by atoms with van der Waals surface area (Å²) in [6.07, 6.45) is 0.903. The summed E-state index contributed by atoms with van der Waals surface area (Å²) in [5, 5.41) is 12.1. The monoisotopic (exact) mass is 305 g/mol. The van der Waals surface area contributed by atoms with Gasteiger partial charge in [0.05, 0.1) is 31.2 Å². The average molecular weight is 305 g/mol. The van der Waals surface area contributed by atoms with Crippen LogP contribution in [0.25, 0.3) is 0 Å². The number of hydrogen-bond donors (Lipinski definition) is 2. The van der Waals surface area contributed by atoms with Crippen LogP contribution in [-0.4, -0.2) is 36.3 Å². The van der Waals surface area contributed by atoms with Crippen molar-refractivity contribution >= 4 is 11.9 Å². The van der Waals surface area contributed by atoms with Crippen LogP contribution in [0.4, 0.5) is 0 Å². The molecule has 0 radical (unpaired) electrons. The largest absolute Gasteiger partial charge is 0.497 e. The average Bonchev–Trinajstić information content (AvgIpc) is 3.14. The van der Waals surface area contributed by atoms with E-state index in [1.54, 1.807) is 7.11 Å². The van der Waals surface area contributed by atoms with Gasteiger partial charge < -0.3 is 19.9 Å². The lowest BCUT2D eigenvalue weighted by molar-refractivity contribution is -0.147. The van der Waals surface area contributed by atoms with Crippen molar-refractivity contribution in [3.8, 4) is 5.75 Å². The first kappa shape index (κ1) is 14.8. The van der Waals surface area contributed by atoms with E-state index in [-0.39, 0.29) is 18.1 Å². The molecule has 2 bridgehead atoms. The quantitative estimate of drug-likeness (QED) is 0.853. The molecule has 0 unspecified atom stereocenters. The minimum atomic E-state index is -0.947. The van der Waals surface area contributed by atoms with E-state index in [2.05, 4.69) is 5.32 Å². The highest BCUT2D eigenvalue weighted by molar-refractivity contribution is 5.86. The standard InChI is InChI=1S/C16H19NO5/c1-21-10-4-2-9(3-5-10)8-17-15(18)13-11-6-7-12(22-11)14(13)16(19)20/h2-5,11-14H,6-8H2,1H3,(H,17,18)(H,19,20)/t11-,12-,13-,14-/m1/s1. The molecule has 1 aromatic rings. The van der Waals surface area contributed by atoms with E-state index in [0.29, 0.717) is 6.54 Å². The minimum Gasteiger partial charge on any atom is -0.497 e. The molecule has 1 aromatic carbocycles. The number of carbonyl (C=O) groups is 2. The number of ether oxygens (including phenoxy) is 2. The Balaban J connectivity index is 1.62. The number of carboxylic acid groups (broad SMARTS) is 1. The molecule has 2 saturated heterocycles. The summed E-state index contributed by atoms with van der Waals surface area (Å²) in [4.78, 5) is 23.7. The molecule has 2 aliphatic heterocycles. The third-order valence-electron chi connectivity index (χ3n) is 4.49. The predicted octanol–water partition coefficient (Wildman–Crippen LogP) is 1.19. The van der Waals surface area contributed by atoms with Gasteiger partial charge in [-0.3, -0.25) is 9.59 Å². The molecule has 0 aliphatic carbocycles. The Labute approximate surface area is 128 Å². The van der Waals surface area contributed by atoms with Crippen LogP contribution in [-0.2, 0) is 20.9 Å². The molecule has 6 heteroatoms. The van der Waals surface area contributed by atoms with Crippen LogP contribution in [0, 0.1) is 11.8 Å². The molecule has 0 saturated carbocycles. The fourth-order valence-corrected chi connectivity index (χ4v) is 3.38. The summed E-state index contributed by atoms with van der Waals surface area (Å²) >= 11 is 0. The number of hydrogen-bond acceptors (Lipinski definition) is 4. The van der Waals surface area contributed by atoms with Crippen molar-refractivity contribution in [1.29, 1.82) is 0 Å². The molecule has 2 heterocycles. The van der Waals surface area contributed by atoms with Gasteiger partial charge in [-0.1, -0.05) is 12.1 Å². The summed E-state index contributed by atoms with van der Waals surface area (Å²) < 4.78 is 10.7. The first-order chi connectivity index (χ1) is 10.6. The molecular weight excluding hydrogens is 286 g/mol. The van der Waals surface area contributed by atoms with Crippen molar-refractivity contribution in [3.63, 3.8) is 0 Å². The summed E-state index contributed by atoms with van der Waals surface area (Å²) in [6.45, 7) is 0.364. The highest BCUT2D eigenvalue weighted by Crippen LogP contribution is 2.43. The highest BCUT2D eigenvalue weighted by atomic mass is 16.5. The van der Waals surface area contributed by atoms with E-state index in [9.17, 15) is 14.7 Å². The molecule has 22 heavy (non-hydrogen) atoms. The maximum atomic E-state index is 12.4. The number of carboxylic acids is 1. The van der Waals surface area contributed by atoms with E-state index in [1.165, 1.54) is 0 Å². The maximum Gasteiger partial charge on any atom is 0.310 e. The van der Waals surface area contributed by atoms with E-state index < -0.39 is 17.8 Å². The Morgan fingerprint density at radius 2 is 1.86 bits per heavy atom. The number of rotatable bonds is 5. The van der Waals surface area contributed by atoms with Crippen molar-refractivity contribution in [1.82, 2.24) is 5.32 Å². The van der Waals surface area contributed by atoms with E-state index in [0.717, 1.165) is 24.2 Å². The Hall–Kier alpha value is -2.08. The lowest BCUT2D eigenvalue weighted by Crippen LogP contribution is -2.43. The van der Waals surface area contributed by atoms with Crippen LogP contribution in [0.5, 0.6) is 5.75 Å². The third-order valence-corrected chi connectivity index (χ3v) is 4.49. The first-order valence-electron chi connectivity index (χ1n) is 7.39. The van der Waals surface area contributed by atoms with Crippen LogP contribution in [0.2, 0.25) is 0 Å². The smallest absolute Gasteiger partial charge is 0.310 e. The molecule has 0 aromatic heterocycles. The number of methoxy groups -OCH3 is 1. The highest BCUT2D eigenvalue weighted by Gasteiger charge is 2.55. The summed E-state index contributed by atoms with van der Waals surface area (Å²) in [7, 11) is 1.60. The molecule has 0 spiro atoms. The lowest BCUT2D eigenvalue weighted by Gasteiger charge is -2.23. The van der Waals surface area contributed by atoms with Gasteiger partial charge in [-0.25, -0.2) is 0 Å². The SMILES string of the molecule is COc1ccc(CNC(=O)[C@H]2[C@H](C(=O)O)[C@H]3CC[C@H]2O3)cc1. The van der Waals surface area contributed by atoms with Gasteiger partial charge in [-0.2, -0.15) is 0 Å². The Kier molecular flexibility index (Phi) is 4.02. The van der Waals surface area contributed by atoms with Crippen molar-refractivity contribution < 1.29 is 24.2 Å². The van der Waals surface area contributed by atoms with Gasteiger partial charge in [-0.05, 0) is 30.5 Å². The van der Waals surface area contributed by atoms with Gasteiger partial charge in [0.15, 0.2) is 0 Å². The molecule has 1 amide bonds. The summed E-state index contributed by atoms with van der Waals surface area (Å²) in [5.41, 5.74) is 0.935. The van der Waals surface area contributed by atoms with Crippen LogP contribution >= 0.6 is 0 Å². The predicted molar refractivity (Wildman–Crippen MR) is 77.4 cm³/mol. The molecule has 2 aliphatic rings. The number of nitrogens with one attached hydrogen (secondary N) is 1. The topological polar surface area (TPSA) is 84.9 Å². The molecular formula is C16H19NO5. The van der Waals surface area contributed by atoms with Crippen LogP contribution in [0.1, 0.15) is 18.4 Å². The molecule has 118 valence electrons. The Bertz CT molecular complexity index is 570. The van der Waals surface area contributed by atoms with E-state index >= 15 is 0 Å². The van der Waals surface area contributed by atoms with Crippen LogP contribution in [0.3, 0.4) is 0 Å². The van der Waals surface area contributed by atoms with Crippen LogP contribution in [0.15, 0.2) is 24.3 Å². The van der Waals surface area contributed by atoms with Gasteiger partial charge in [0.1, 0.15) is 5.75 Å². The van der Waals surface area contributed by atoms with Gasteiger partial charge in [-0.15, -0.1) is 0 Å². The first-order valence-corrected chi connectivity index (χ1v) is 7.39. The normalized spacial score (nSPS) is 29.3. The van der Waals surface area contributed by atoms with Gasteiger partial charge in [0, 0.05) is 6.54 Å². The number of fused-ring (bicyclic) bond motifs is 2. The van der Waals surface area contributed by atoms with Crippen LogP contribution < -0.4 is 10.1 Å². The molecule has 6 nitrogen and oxygen atoms in total. The zero-order valence-corrected chi connectivity index (χ0v) is 12.3. The lowest BCUT2D eigenvalue weighted by atomic mass is 9.78. The molecule has 2 fully saturated rings. The molecule has 4 atom stereocenters. The van der Waals surface area contributed by atoms with Crippen molar-refractivity contribution in [2.45, 2.75) is 31.6 Å². The molecule has 2 N–H and O–H groups in total. The molecule has 3 rings (SSSR count). The second-order valence-corrected chi connectivity index (χ2v) is 5.75. The number of carbonyl (C=O) groups excluding carboxylic acids is 1. The fourth-order valence-electron chi connectivity index (χ4n) is 3.38. The van der Waals surface area contributed by atoms with Crippen molar-refractivity contribution in [2.75, 3.05) is 7.11 Å². The zero-order chi connectivity index (χ0) is 15.7. The van der Waals surface area contributed by atoms with Gasteiger partial charge in [0.25, 0.3) is 0 Å². The van der Waals surface area contributed by atoms with Gasteiger partial charge >= 0.3 is 5.97 Å². The van der Waals surface area contributed by atoms with Gasteiger partial charge in [0.2, 0.25) is 5.91 Å². The minimum absolute atomic E-state index is 0.240. The van der Waals surface area contributed by atoms with Crippen molar-refractivity contribution in [2.24, 2.45) is 11.8 Å². The second-order valence-electron chi connectivity index (χ2n) is 5.75. The summed E-state index contributed by atoms with van der Waals surface area (Å²) in [6, 6.07) is 7.38. The number of benzene rings is 1.